The largest absolute Gasteiger partial charge is 0.463 e. The number of hydrogen-bond donors (Lipinski definition) is 0. The van der Waals surface area contributed by atoms with Gasteiger partial charge in [-0.25, -0.2) is 0 Å². The molecule has 0 rings (SSSR count). The van der Waals surface area contributed by atoms with E-state index in [1.54, 1.807) is 14.2 Å². The third-order valence-corrected chi connectivity index (χ3v) is 9.59. The normalized spacial score (nSPS) is 11.5. The second-order valence-electron chi connectivity index (χ2n) is 14.3. The van der Waals surface area contributed by atoms with Crippen LogP contribution in [0.4, 0.5) is 0 Å². The molecule has 0 fully saturated rings. The minimum absolute atomic E-state index is 0.111. The van der Waals surface area contributed by atoms with E-state index in [-0.39, 0.29) is 25.6 Å². The van der Waals surface area contributed by atoms with E-state index in [0.717, 1.165) is 19.6 Å². The predicted octanol–water partition coefficient (Wildman–Crippen LogP) is 9.39. The van der Waals surface area contributed by atoms with Gasteiger partial charge in [0.15, 0.2) is 0 Å². The van der Waals surface area contributed by atoms with Crippen LogP contribution in [0.5, 0.6) is 0 Å². The van der Waals surface area contributed by atoms with Crippen LogP contribution in [0.2, 0.25) is 0 Å². The third kappa shape index (κ3) is 36.9. The summed E-state index contributed by atoms with van der Waals surface area (Å²) in [5, 5.41) is 0. The number of nitrogens with zero attached hydrogens (tertiary/aromatic N) is 2. The summed E-state index contributed by atoms with van der Waals surface area (Å²) in [6.07, 6.45) is 32.3. The van der Waals surface area contributed by atoms with E-state index in [9.17, 15) is 9.59 Å². The van der Waals surface area contributed by atoms with Gasteiger partial charge in [-0.05, 0) is 25.9 Å². The van der Waals surface area contributed by atoms with E-state index in [4.69, 9.17) is 23.7 Å². The Morgan fingerprint density at radius 3 is 1.27 bits per heavy atom. The Kier molecular flexibility index (Phi) is 40.5. The van der Waals surface area contributed by atoms with Crippen LogP contribution in [0.25, 0.3) is 0 Å². The number of unbranched alkanes of at least 4 members (excludes halogenated alkanes) is 22. The maximum Gasteiger partial charge on any atom is 0.325 e. The first-order valence-electron chi connectivity index (χ1n) is 21.4. The number of esters is 1. The van der Waals surface area contributed by atoms with Gasteiger partial charge in [-0.15, -0.1) is 0 Å². The fourth-order valence-corrected chi connectivity index (χ4v) is 6.28. The fraction of sp³-hybridized carbons (Fsp3) is 0.952. The highest BCUT2D eigenvalue weighted by Gasteiger charge is 2.19. The molecule has 0 bridgehead atoms. The van der Waals surface area contributed by atoms with Gasteiger partial charge in [0.05, 0.1) is 33.0 Å². The Hall–Kier alpha value is -1.26. The van der Waals surface area contributed by atoms with Gasteiger partial charge in [-0.2, -0.15) is 0 Å². The van der Waals surface area contributed by atoms with Crippen molar-refractivity contribution in [1.29, 1.82) is 0 Å². The Bertz CT molecular complexity index is 699. The molecule has 9 nitrogen and oxygen atoms in total. The van der Waals surface area contributed by atoms with Crippen molar-refractivity contribution >= 4 is 11.9 Å². The van der Waals surface area contributed by atoms with Crippen molar-refractivity contribution in [2.75, 3.05) is 93.2 Å². The highest BCUT2D eigenvalue weighted by Crippen LogP contribution is 2.14. The molecule has 0 aliphatic heterocycles. The summed E-state index contributed by atoms with van der Waals surface area (Å²) in [5.41, 5.74) is 0. The zero-order valence-electron chi connectivity index (χ0n) is 34.2. The van der Waals surface area contributed by atoms with Crippen molar-refractivity contribution in [2.24, 2.45) is 0 Å². The van der Waals surface area contributed by atoms with Gasteiger partial charge < -0.3 is 28.6 Å². The van der Waals surface area contributed by atoms with E-state index in [1.807, 2.05) is 0 Å². The van der Waals surface area contributed by atoms with E-state index in [1.165, 1.54) is 159 Å². The number of ether oxygens (including phenoxy) is 5. The first-order chi connectivity index (χ1) is 25.1. The minimum Gasteiger partial charge on any atom is -0.463 e. The average molecular weight is 729 g/mol. The Labute approximate surface area is 315 Å². The molecule has 0 saturated carbocycles. The van der Waals surface area contributed by atoms with Gasteiger partial charge in [0, 0.05) is 27.3 Å². The Balaban J connectivity index is 4.60. The predicted molar refractivity (Wildman–Crippen MR) is 212 cm³/mol. The lowest BCUT2D eigenvalue weighted by atomic mass is 10.0. The molecule has 0 spiro atoms. The van der Waals surface area contributed by atoms with E-state index < -0.39 is 5.97 Å². The van der Waals surface area contributed by atoms with Crippen LogP contribution < -0.4 is 0 Å². The van der Waals surface area contributed by atoms with Gasteiger partial charge >= 0.3 is 5.97 Å². The lowest BCUT2D eigenvalue weighted by Crippen LogP contribution is -2.41. The lowest BCUT2D eigenvalue weighted by Gasteiger charge is -2.24. The average Bonchev–Trinajstić information content (AvgIpc) is 3.13. The van der Waals surface area contributed by atoms with Crippen molar-refractivity contribution < 1.29 is 33.3 Å². The third-order valence-electron chi connectivity index (χ3n) is 9.59. The van der Waals surface area contributed by atoms with Crippen LogP contribution in [0, 0.1) is 0 Å². The van der Waals surface area contributed by atoms with Crippen molar-refractivity contribution in [3.05, 3.63) is 0 Å². The Morgan fingerprint density at radius 1 is 0.431 bits per heavy atom. The number of hydrogen-bond acceptors (Lipinski definition) is 8. The first-order valence-corrected chi connectivity index (χ1v) is 21.4. The topological polar surface area (TPSA) is 86.8 Å². The summed E-state index contributed by atoms with van der Waals surface area (Å²) in [4.78, 5) is 29.6. The van der Waals surface area contributed by atoms with Crippen LogP contribution in [-0.2, 0) is 33.3 Å². The van der Waals surface area contributed by atoms with Crippen LogP contribution in [0.15, 0.2) is 0 Å². The summed E-state index contributed by atoms with van der Waals surface area (Å²) in [5.74, 6) is -0.660. The zero-order chi connectivity index (χ0) is 37.3. The number of amides is 1. The number of rotatable bonds is 42. The molecule has 0 aliphatic rings. The smallest absolute Gasteiger partial charge is 0.325 e. The van der Waals surface area contributed by atoms with Crippen molar-refractivity contribution in [1.82, 2.24) is 9.80 Å². The monoisotopic (exact) mass is 729 g/mol. The van der Waals surface area contributed by atoms with Gasteiger partial charge in [-0.1, -0.05) is 155 Å². The SMILES string of the molecule is CCCCCCCCCCCCCCN(CCCCCCCCCCCCCC)CCOC(=O)CN(CCOCCOC)C(=O)COCCOC. The second kappa shape index (κ2) is 41.5. The van der Waals surface area contributed by atoms with Crippen molar-refractivity contribution in [2.45, 2.75) is 168 Å². The molecule has 0 heterocycles. The molecular formula is C42H84N2O7. The summed E-state index contributed by atoms with van der Waals surface area (Å²) < 4.78 is 26.6. The van der Waals surface area contributed by atoms with Crippen molar-refractivity contribution in [3.63, 3.8) is 0 Å². The van der Waals surface area contributed by atoms with Gasteiger partial charge in [0.1, 0.15) is 19.8 Å². The summed E-state index contributed by atoms with van der Waals surface area (Å²) in [7, 11) is 3.20. The van der Waals surface area contributed by atoms with E-state index >= 15 is 0 Å². The molecule has 51 heavy (non-hydrogen) atoms. The van der Waals surface area contributed by atoms with Gasteiger partial charge in [-0.3, -0.25) is 14.5 Å². The van der Waals surface area contributed by atoms with E-state index in [0.29, 0.717) is 39.6 Å². The van der Waals surface area contributed by atoms with Gasteiger partial charge in [0.25, 0.3) is 0 Å². The lowest BCUT2D eigenvalue weighted by molar-refractivity contribution is -0.151. The molecule has 0 unspecified atom stereocenters. The summed E-state index contributed by atoms with van der Waals surface area (Å²) in [6, 6.07) is 0. The van der Waals surface area contributed by atoms with Crippen LogP contribution in [-0.4, -0.2) is 115 Å². The molecule has 9 heteroatoms. The summed E-state index contributed by atoms with van der Waals surface area (Å²) in [6.45, 7) is 9.74. The molecule has 0 aliphatic carbocycles. The van der Waals surface area contributed by atoms with Gasteiger partial charge in [0.2, 0.25) is 5.91 Å². The minimum atomic E-state index is -0.396. The second-order valence-corrected chi connectivity index (χ2v) is 14.3. The molecule has 304 valence electrons. The standard InChI is InChI=1S/C42H84N2O7/c1-5-7-9-11-13-15-17-19-21-23-25-27-29-43(30-28-26-24-22-20-18-16-14-12-10-8-6-2)31-34-51-42(46)39-44(32-33-49-37-35-47-3)41(45)40-50-38-36-48-4/h5-40H2,1-4H3. The molecule has 0 aromatic heterocycles. The molecule has 0 saturated heterocycles. The highest BCUT2D eigenvalue weighted by atomic mass is 16.5. The molecule has 0 N–H and O–H groups in total. The molecule has 1 amide bonds. The molecule has 0 aromatic carbocycles. The maximum atomic E-state index is 12.8. The molecule has 0 aromatic rings. The Morgan fingerprint density at radius 2 is 0.843 bits per heavy atom. The van der Waals surface area contributed by atoms with Crippen LogP contribution in [0.1, 0.15) is 168 Å². The number of carbonyl (C=O) groups excluding carboxylic acids is 2. The highest BCUT2D eigenvalue weighted by molar-refractivity contribution is 5.82. The molecule has 0 radical (unpaired) electrons. The number of methoxy groups -OCH3 is 2. The van der Waals surface area contributed by atoms with Crippen LogP contribution in [0.3, 0.4) is 0 Å². The van der Waals surface area contributed by atoms with Crippen LogP contribution >= 0.6 is 0 Å². The molecular weight excluding hydrogens is 644 g/mol. The number of carbonyl (C=O) groups is 2. The van der Waals surface area contributed by atoms with E-state index in [2.05, 4.69) is 18.7 Å². The maximum absolute atomic E-state index is 12.8. The zero-order valence-corrected chi connectivity index (χ0v) is 34.2. The molecule has 0 atom stereocenters. The quantitative estimate of drug-likeness (QED) is 0.0454. The summed E-state index contributed by atoms with van der Waals surface area (Å²) >= 11 is 0. The van der Waals surface area contributed by atoms with Crippen molar-refractivity contribution in [3.8, 4) is 0 Å². The fourth-order valence-electron chi connectivity index (χ4n) is 6.28. The first kappa shape index (κ1) is 49.7.